The molecule has 0 saturated carbocycles. The lowest BCUT2D eigenvalue weighted by Gasteiger charge is -2.12. The fourth-order valence-electron chi connectivity index (χ4n) is 2.17. The lowest BCUT2D eigenvalue weighted by atomic mass is 10.1. The van der Waals surface area contributed by atoms with Gasteiger partial charge in [0.2, 0.25) is 0 Å². The minimum absolute atomic E-state index is 0.918. The number of benzene rings is 1. The van der Waals surface area contributed by atoms with Crippen LogP contribution in [0.15, 0.2) is 24.3 Å². The molecule has 0 unspecified atom stereocenters. The van der Waals surface area contributed by atoms with Crippen LogP contribution >= 0.6 is 0 Å². The van der Waals surface area contributed by atoms with Crippen LogP contribution < -0.4 is 5.32 Å². The Morgan fingerprint density at radius 2 is 2.06 bits per heavy atom. The molecule has 17 heavy (non-hydrogen) atoms. The van der Waals surface area contributed by atoms with Crippen molar-refractivity contribution in [1.82, 2.24) is 4.98 Å². The maximum absolute atomic E-state index is 4.77. The molecule has 1 N–H and O–H groups in total. The van der Waals surface area contributed by atoms with Crippen molar-refractivity contribution in [2.75, 3.05) is 11.9 Å². The van der Waals surface area contributed by atoms with Crippen molar-refractivity contribution in [3.63, 3.8) is 0 Å². The molecule has 2 rings (SSSR count). The van der Waals surface area contributed by atoms with Crippen molar-refractivity contribution < 1.29 is 0 Å². The molecule has 0 aliphatic rings. The molecule has 90 valence electrons. The van der Waals surface area contributed by atoms with Crippen molar-refractivity contribution in [2.24, 2.45) is 0 Å². The third kappa shape index (κ3) is 2.41. The van der Waals surface area contributed by atoms with Gasteiger partial charge in [0.05, 0.1) is 5.52 Å². The zero-order valence-corrected chi connectivity index (χ0v) is 10.9. The Hall–Kier alpha value is -1.57. The smallest absolute Gasteiger partial charge is 0.129 e. The highest BCUT2D eigenvalue weighted by Gasteiger charge is 2.06. The van der Waals surface area contributed by atoms with Crippen LogP contribution in [0.3, 0.4) is 0 Å². The average molecular weight is 228 g/mol. The van der Waals surface area contributed by atoms with Crippen molar-refractivity contribution >= 4 is 16.7 Å². The van der Waals surface area contributed by atoms with Crippen LogP contribution in [-0.2, 0) is 6.42 Å². The first kappa shape index (κ1) is 11.9. The molecule has 0 spiro atoms. The standard InChI is InChI=1S/C15H20N2/c1-4-7-13-10-12-9-6-8-11(3)14(12)17-15(13)16-5-2/h6,8-10H,4-5,7H2,1-3H3,(H,16,17). The predicted octanol–water partition coefficient (Wildman–Crippen LogP) is 3.93. The van der Waals surface area contributed by atoms with E-state index in [1.165, 1.54) is 16.5 Å². The Balaban J connectivity index is 2.59. The van der Waals surface area contributed by atoms with Crippen LogP contribution in [0.25, 0.3) is 10.9 Å². The number of hydrogen-bond acceptors (Lipinski definition) is 2. The van der Waals surface area contributed by atoms with Crippen molar-refractivity contribution in [2.45, 2.75) is 33.6 Å². The van der Waals surface area contributed by atoms with Gasteiger partial charge in [-0.15, -0.1) is 0 Å². The number of aromatic nitrogens is 1. The third-order valence-corrected chi connectivity index (χ3v) is 2.99. The number of anilines is 1. The summed E-state index contributed by atoms with van der Waals surface area (Å²) in [5, 5.41) is 4.61. The van der Waals surface area contributed by atoms with Crippen molar-refractivity contribution in [3.05, 3.63) is 35.4 Å². The van der Waals surface area contributed by atoms with E-state index >= 15 is 0 Å². The quantitative estimate of drug-likeness (QED) is 0.857. The summed E-state index contributed by atoms with van der Waals surface area (Å²) in [6.45, 7) is 7.35. The van der Waals surface area contributed by atoms with Crippen molar-refractivity contribution in [1.29, 1.82) is 0 Å². The molecule has 0 atom stereocenters. The van der Waals surface area contributed by atoms with Crippen LogP contribution in [0.2, 0.25) is 0 Å². The average Bonchev–Trinajstić information content (AvgIpc) is 2.32. The molecule has 0 aliphatic heterocycles. The molecule has 2 heteroatoms. The Morgan fingerprint density at radius 3 is 2.76 bits per heavy atom. The maximum Gasteiger partial charge on any atom is 0.129 e. The van der Waals surface area contributed by atoms with Crippen LogP contribution in [0.5, 0.6) is 0 Å². The monoisotopic (exact) mass is 228 g/mol. The summed E-state index contributed by atoms with van der Waals surface area (Å²) in [5.41, 5.74) is 3.68. The molecule has 1 heterocycles. The lowest BCUT2D eigenvalue weighted by molar-refractivity contribution is 0.916. The van der Waals surface area contributed by atoms with Gasteiger partial charge in [-0.2, -0.15) is 0 Å². The van der Waals surface area contributed by atoms with Gasteiger partial charge in [0, 0.05) is 11.9 Å². The third-order valence-electron chi connectivity index (χ3n) is 2.99. The van der Waals surface area contributed by atoms with E-state index in [0.717, 1.165) is 30.7 Å². The van der Waals surface area contributed by atoms with Gasteiger partial charge in [0.25, 0.3) is 0 Å². The Bertz CT molecular complexity index is 518. The molecular weight excluding hydrogens is 208 g/mol. The summed E-state index contributed by atoms with van der Waals surface area (Å²) in [7, 11) is 0. The Kier molecular flexibility index (Phi) is 3.62. The summed E-state index contributed by atoms with van der Waals surface area (Å²) in [6, 6.07) is 8.63. The molecule has 0 saturated heterocycles. The fourth-order valence-corrected chi connectivity index (χ4v) is 2.17. The number of nitrogens with zero attached hydrogens (tertiary/aromatic N) is 1. The molecule has 1 aromatic carbocycles. The van der Waals surface area contributed by atoms with Gasteiger partial charge in [0.15, 0.2) is 0 Å². The minimum Gasteiger partial charge on any atom is -0.370 e. The van der Waals surface area contributed by atoms with Crippen LogP contribution in [0.4, 0.5) is 5.82 Å². The van der Waals surface area contributed by atoms with Crippen LogP contribution in [-0.4, -0.2) is 11.5 Å². The van der Waals surface area contributed by atoms with E-state index in [9.17, 15) is 0 Å². The number of rotatable bonds is 4. The molecule has 0 bridgehead atoms. The van der Waals surface area contributed by atoms with E-state index in [1.807, 2.05) is 0 Å². The largest absolute Gasteiger partial charge is 0.370 e. The van der Waals surface area contributed by atoms with E-state index in [2.05, 4.69) is 50.4 Å². The first-order chi connectivity index (χ1) is 8.26. The molecular formula is C15H20N2. The number of hydrogen-bond donors (Lipinski definition) is 1. The fraction of sp³-hybridized carbons (Fsp3) is 0.400. The second kappa shape index (κ2) is 5.17. The molecule has 0 fully saturated rings. The van der Waals surface area contributed by atoms with E-state index < -0.39 is 0 Å². The van der Waals surface area contributed by atoms with Gasteiger partial charge in [-0.1, -0.05) is 31.5 Å². The molecule has 2 aromatic rings. The number of para-hydroxylation sites is 1. The van der Waals surface area contributed by atoms with E-state index in [4.69, 9.17) is 4.98 Å². The summed E-state index contributed by atoms with van der Waals surface area (Å²) in [4.78, 5) is 4.77. The molecule has 1 aromatic heterocycles. The van der Waals surface area contributed by atoms with E-state index in [1.54, 1.807) is 0 Å². The van der Waals surface area contributed by atoms with Crippen LogP contribution in [0, 0.1) is 6.92 Å². The summed E-state index contributed by atoms with van der Waals surface area (Å²) in [6.07, 6.45) is 2.23. The number of fused-ring (bicyclic) bond motifs is 1. The van der Waals surface area contributed by atoms with Gasteiger partial charge in [0.1, 0.15) is 5.82 Å². The minimum atomic E-state index is 0.918. The highest BCUT2D eigenvalue weighted by atomic mass is 15.0. The molecule has 0 radical (unpaired) electrons. The first-order valence-electron chi connectivity index (χ1n) is 6.39. The number of nitrogens with one attached hydrogen (secondary N) is 1. The topological polar surface area (TPSA) is 24.9 Å². The first-order valence-corrected chi connectivity index (χ1v) is 6.39. The normalized spacial score (nSPS) is 10.8. The van der Waals surface area contributed by atoms with Crippen LogP contribution in [0.1, 0.15) is 31.4 Å². The number of aryl methyl sites for hydroxylation is 2. The van der Waals surface area contributed by atoms with Gasteiger partial charge < -0.3 is 5.32 Å². The predicted molar refractivity (Wildman–Crippen MR) is 74.6 cm³/mol. The molecule has 0 amide bonds. The summed E-state index contributed by atoms with van der Waals surface area (Å²) in [5.74, 6) is 1.05. The highest BCUT2D eigenvalue weighted by Crippen LogP contribution is 2.23. The second-order valence-corrected chi connectivity index (χ2v) is 4.42. The van der Waals surface area contributed by atoms with Gasteiger partial charge in [-0.3, -0.25) is 0 Å². The Labute approximate surface area is 103 Å². The van der Waals surface area contributed by atoms with E-state index in [0.29, 0.717) is 0 Å². The molecule has 0 aliphatic carbocycles. The summed E-state index contributed by atoms with van der Waals surface area (Å²) < 4.78 is 0. The summed E-state index contributed by atoms with van der Waals surface area (Å²) >= 11 is 0. The lowest BCUT2D eigenvalue weighted by Crippen LogP contribution is -2.04. The Morgan fingerprint density at radius 1 is 1.24 bits per heavy atom. The molecule has 2 nitrogen and oxygen atoms in total. The zero-order valence-electron chi connectivity index (χ0n) is 10.9. The van der Waals surface area contributed by atoms with Gasteiger partial charge in [-0.25, -0.2) is 4.98 Å². The highest BCUT2D eigenvalue weighted by molar-refractivity contribution is 5.84. The second-order valence-electron chi connectivity index (χ2n) is 4.42. The van der Waals surface area contributed by atoms with Gasteiger partial charge >= 0.3 is 0 Å². The zero-order chi connectivity index (χ0) is 12.3. The van der Waals surface area contributed by atoms with Crippen molar-refractivity contribution in [3.8, 4) is 0 Å². The maximum atomic E-state index is 4.77. The number of pyridine rings is 1. The van der Waals surface area contributed by atoms with E-state index in [-0.39, 0.29) is 0 Å². The SMILES string of the molecule is CCCc1cc2cccc(C)c2nc1NCC. The van der Waals surface area contributed by atoms with Gasteiger partial charge in [-0.05, 0) is 37.5 Å².